The predicted octanol–water partition coefficient (Wildman–Crippen LogP) is 2.16. The topological polar surface area (TPSA) is 62.8 Å². The van der Waals surface area contributed by atoms with E-state index in [-0.39, 0.29) is 0 Å². The van der Waals surface area contributed by atoms with Gasteiger partial charge in [-0.15, -0.1) is 5.10 Å². The Morgan fingerprint density at radius 3 is 2.89 bits per heavy atom. The average Bonchev–Trinajstić information content (AvgIpc) is 3.12. The summed E-state index contributed by atoms with van der Waals surface area (Å²) >= 11 is 0. The molecule has 0 radical (unpaired) electrons. The van der Waals surface area contributed by atoms with Gasteiger partial charge in [0.05, 0.1) is 0 Å². The molecule has 0 amide bonds. The van der Waals surface area contributed by atoms with Crippen LogP contribution in [0.5, 0.6) is 11.8 Å². The normalized spacial score (nSPS) is 14.7. The van der Waals surface area contributed by atoms with Gasteiger partial charge in [-0.2, -0.15) is 0 Å². The fourth-order valence-electron chi connectivity index (χ4n) is 1.68. The summed E-state index contributed by atoms with van der Waals surface area (Å²) in [6.45, 7) is 2.80. The number of H-pyrrole nitrogens is 1. The zero-order valence-corrected chi connectivity index (χ0v) is 10.3. The summed E-state index contributed by atoms with van der Waals surface area (Å²) < 4.78 is 5.52. The number of rotatable bonds is 5. The first-order valence-corrected chi connectivity index (χ1v) is 6.18. The first-order chi connectivity index (χ1) is 8.79. The van der Waals surface area contributed by atoms with Gasteiger partial charge in [-0.05, 0) is 25.3 Å². The molecule has 0 spiro atoms. The van der Waals surface area contributed by atoms with Gasteiger partial charge in [0.1, 0.15) is 0 Å². The van der Waals surface area contributed by atoms with Crippen LogP contribution >= 0.6 is 0 Å². The van der Waals surface area contributed by atoms with Crippen LogP contribution in [0.1, 0.15) is 24.1 Å². The highest BCUT2D eigenvalue weighted by Crippen LogP contribution is 2.20. The molecule has 2 aromatic rings. The molecule has 1 aliphatic rings. The summed E-state index contributed by atoms with van der Waals surface area (Å²) in [5.74, 6) is 1.11. The molecule has 2 heterocycles. The van der Waals surface area contributed by atoms with Gasteiger partial charge in [-0.1, -0.05) is 6.07 Å². The van der Waals surface area contributed by atoms with E-state index < -0.39 is 0 Å². The Kier molecular flexibility index (Phi) is 2.98. The molecule has 5 nitrogen and oxygen atoms in total. The molecule has 1 saturated carbocycles. The minimum Gasteiger partial charge on any atom is -0.419 e. The van der Waals surface area contributed by atoms with Crippen molar-refractivity contribution in [1.82, 2.24) is 20.5 Å². The molecule has 5 heteroatoms. The molecule has 0 unspecified atom stereocenters. The maximum absolute atomic E-state index is 5.52. The first kappa shape index (κ1) is 11.2. The molecular weight excluding hydrogens is 228 g/mol. The fraction of sp³-hybridized carbons (Fsp3) is 0.385. The van der Waals surface area contributed by atoms with Crippen molar-refractivity contribution in [2.24, 2.45) is 0 Å². The van der Waals surface area contributed by atoms with Crippen molar-refractivity contribution in [3.8, 4) is 11.8 Å². The smallest absolute Gasteiger partial charge is 0.240 e. The Bertz CT molecular complexity index is 516. The Balaban J connectivity index is 1.59. The summed E-state index contributed by atoms with van der Waals surface area (Å²) in [7, 11) is 0. The zero-order valence-electron chi connectivity index (χ0n) is 10.3. The van der Waals surface area contributed by atoms with Crippen LogP contribution in [-0.4, -0.2) is 21.2 Å². The molecular formula is C13H16N4O. The molecule has 0 aliphatic heterocycles. The highest BCUT2D eigenvalue weighted by atomic mass is 16.5. The van der Waals surface area contributed by atoms with E-state index in [4.69, 9.17) is 4.74 Å². The van der Waals surface area contributed by atoms with Gasteiger partial charge < -0.3 is 10.1 Å². The largest absolute Gasteiger partial charge is 0.419 e. The molecule has 1 fully saturated rings. The minimum atomic E-state index is 0.545. The van der Waals surface area contributed by atoms with Crippen molar-refractivity contribution in [2.75, 3.05) is 0 Å². The van der Waals surface area contributed by atoms with E-state index in [1.165, 1.54) is 18.4 Å². The van der Waals surface area contributed by atoms with E-state index in [9.17, 15) is 0 Å². The van der Waals surface area contributed by atoms with Crippen LogP contribution in [0.4, 0.5) is 0 Å². The molecule has 1 aliphatic carbocycles. The molecule has 0 saturated heterocycles. The maximum atomic E-state index is 5.52. The summed E-state index contributed by atoms with van der Waals surface area (Å²) in [5.41, 5.74) is 2.14. The van der Waals surface area contributed by atoms with Crippen molar-refractivity contribution >= 4 is 0 Å². The van der Waals surface area contributed by atoms with Crippen molar-refractivity contribution in [3.63, 3.8) is 0 Å². The standard InChI is InChI=1S/C13H16N4O/c1-9-6-13(17-16-9)18-12-5-2-10(8-15-12)7-14-11-3-4-11/h2,5-6,8,11,14H,3-4,7H2,1H3,(H,16,17). The monoisotopic (exact) mass is 244 g/mol. The Hall–Kier alpha value is -1.88. The van der Waals surface area contributed by atoms with Crippen LogP contribution in [0, 0.1) is 6.92 Å². The highest BCUT2D eigenvalue weighted by molar-refractivity contribution is 5.23. The van der Waals surface area contributed by atoms with Gasteiger partial charge in [-0.25, -0.2) is 4.98 Å². The number of nitrogens with one attached hydrogen (secondary N) is 2. The van der Waals surface area contributed by atoms with Crippen LogP contribution < -0.4 is 10.1 Å². The van der Waals surface area contributed by atoms with E-state index in [2.05, 4.69) is 20.5 Å². The third-order valence-corrected chi connectivity index (χ3v) is 2.86. The fourth-order valence-corrected chi connectivity index (χ4v) is 1.68. The molecule has 0 aromatic carbocycles. The van der Waals surface area contributed by atoms with E-state index in [0.717, 1.165) is 12.2 Å². The van der Waals surface area contributed by atoms with Crippen molar-refractivity contribution in [2.45, 2.75) is 32.4 Å². The van der Waals surface area contributed by atoms with E-state index in [1.807, 2.05) is 31.3 Å². The molecule has 0 atom stereocenters. The minimum absolute atomic E-state index is 0.545. The summed E-state index contributed by atoms with van der Waals surface area (Å²) in [5, 5.41) is 10.3. The van der Waals surface area contributed by atoms with Crippen molar-refractivity contribution in [3.05, 3.63) is 35.7 Å². The second-order valence-corrected chi connectivity index (χ2v) is 4.65. The summed E-state index contributed by atoms with van der Waals surface area (Å²) in [6.07, 6.45) is 4.44. The number of aryl methyl sites for hydroxylation is 1. The Morgan fingerprint density at radius 1 is 1.39 bits per heavy atom. The predicted molar refractivity (Wildman–Crippen MR) is 67.5 cm³/mol. The number of aromatic nitrogens is 3. The van der Waals surface area contributed by atoms with Crippen molar-refractivity contribution in [1.29, 1.82) is 0 Å². The van der Waals surface area contributed by atoms with E-state index in [0.29, 0.717) is 17.8 Å². The number of hydrogen-bond acceptors (Lipinski definition) is 4. The lowest BCUT2D eigenvalue weighted by atomic mass is 10.3. The second kappa shape index (κ2) is 4.78. The molecule has 18 heavy (non-hydrogen) atoms. The lowest BCUT2D eigenvalue weighted by Crippen LogP contribution is -2.15. The highest BCUT2D eigenvalue weighted by Gasteiger charge is 2.19. The van der Waals surface area contributed by atoms with Crippen molar-refractivity contribution < 1.29 is 4.74 Å². The summed E-state index contributed by atoms with van der Waals surface area (Å²) in [4.78, 5) is 4.27. The zero-order chi connectivity index (χ0) is 12.4. The van der Waals surface area contributed by atoms with Crippen LogP contribution in [0.2, 0.25) is 0 Å². The maximum Gasteiger partial charge on any atom is 0.240 e. The number of nitrogens with zero attached hydrogens (tertiary/aromatic N) is 2. The SMILES string of the molecule is Cc1cc(Oc2ccc(CNC3CC3)cn2)n[nH]1. The van der Waals surface area contributed by atoms with Gasteiger partial charge in [-0.3, -0.25) is 5.10 Å². The first-order valence-electron chi connectivity index (χ1n) is 6.18. The van der Waals surface area contributed by atoms with Gasteiger partial charge in [0, 0.05) is 36.6 Å². The van der Waals surface area contributed by atoms with Crippen LogP contribution in [0.25, 0.3) is 0 Å². The molecule has 2 aromatic heterocycles. The number of pyridine rings is 1. The van der Waals surface area contributed by atoms with E-state index in [1.54, 1.807) is 0 Å². The second-order valence-electron chi connectivity index (χ2n) is 4.65. The van der Waals surface area contributed by atoms with Crippen LogP contribution in [0.3, 0.4) is 0 Å². The molecule has 94 valence electrons. The number of aromatic amines is 1. The lowest BCUT2D eigenvalue weighted by Gasteiger charge is -2.04. The molecule has 0 bridgehead atoms. The van der Waals surface area contributed by atoms with E-state index >= 15 is 0 Å². The van der Waals surface area contributed by atoms with Crippen LogP contribution in [-0.2, 0) is 6.54 Å². The summed E-state index contributed by atoms with van der Waals surface area (Å²) in [6, 6.07) is 6.45. The van der Waals surface area contributed by atoms with Gasteiger partial charge >= 0.3 is 0 Å². The average molecular weight is 244 g/mol. The number of ether oxygens (including phenoxy) is 1. The Morgan fingerprint density at radius 2 is 2.28 bits per heavy atom. The lowest BCUT2D eigenvalue weighted by molar-refractivity contribution is 0.443. The molecule has 2 N–H and O–H groups in total. The molecule has 3 rings (SSSR count). The third kappa shape index (κ3) is 2.87. The third-order valence-electron chi connectivity index (χ3n) is 2.86. The van der Waals surface area contributed by atoms with Gasteiger partial charge in [0.25, 0.3) is 0 Å². The van der Waals surface area contributed by atoms with Gasteiger partial charge in [0.15, 0.2) is 0 Å². The van der Waals surface area contributed by atoms with Crippen LogP contribution in [0.15, 0.2) is 24.4 Å². The van der Waals surface area contributed by atoms with Gasteiger partial charge in [0.2, 0.25) is 11.8 Å². The number of hydrogen-bond donors (Lipinski definition) is 2. The quantitative estimate of drug-likeness (QED) is 0.846. The Labute approximate surface area is 106 Å².